The second kappa shape index (κ2) is 9.77. The Hall–Kier alpha value is -1.10. The van der Waals surface area contributed by atoms with Crippen LogP contribution < -0.4 is 10.1 Å². The summed E-state index contributed by atoms with van der Waals surface area (Å²) >= 11 is 0. The zero-order valence-electron chi connectivity index (χ0n) is 13.0. The molecule has 1 aliphatic heterocycles. The van der Waals surface area contributed by atoms with Gasteiger partial charge in [-0.05, 0) is 31.7 Å². The van der Waals surface area contributed by atoms with Crippen molar-refractivity contribution in [1.29, 1.82) is 0 Å². The lowest BCUT2D eigenvalue weighted by atomic mass is 10.1. The summed E-state index contributed by atoms with van der Waals surface area (Å²) in [4.78, 5) is 0. The van der Waals surface area contributed by atoms with Crippen molar-refractivity contribution in [1.82, 2.24) is 5.32 Å². The average molecular weight is 293 g/mol. The van der Waals surface area contributed by atoms with Crippen molar-refractivity contribution in [3.63, 3.8) is 0 Å². The molecule has 1 N–H and O–H groups in total. The molecular formula is C17H27NO3. The lowest BCUT2D eigenvalue weighted by Crippen LogP contribution is -2.19. The van der Waals surface area contributed by atoms with Crippen LogP contribution in [-0.2, 0) is 16.0 Å². The van der Waals surface area contributed by atoms with Gasteiger partial charge in [-0.25, -0.2) is 0 Å². The molecule has 4 nitrogen and oxygen atoms in total. The molecule has 2 rings (SSSR count). The van der Waals surface area contributed by atoms with E-state index in [0.29, 0.717) is 6.10 Å². The van der Waals surface area contributed by atoms with Crippen LogP contribution in [0, 0.1) is 0 Å². The summed E-state index contributed by atoms with van der Waals surface area (Å²) in [6, 6.07) is 8.22. The molecule has 1 heterocycles. The van der Waals surface area contributed by atoms with E-state index in [1.54, 1.807) is 7.11 Å². The molecule has 118 valence electrons. The van der Waals surface area contributed by atoms with Gasteiger partial charge in [0, 0.05) is 32.4 Å². The van der Waals surface area contributed by atoms with Crippen LogP contribution in [0.3, 0.4) is 0 Å². The molecule has 0 amide bonds. The molecule has 1 atom stereocenters. The van der Waals surface area contributed by atoms with E-state index in [0.717, 1.165) is 51.5 Å². The third kappa shape index (κ3) is 6.04. The van der Waals surface area contributed by atoms with Gasteiger partial charge in [-0.15, -0.1) is 0 Å². The fourth-order valence-corrected chi connectivity index (χ4v) is 2.55. The third-order valence-electron chi connectivity index (χ3n) is 3.72. The van der Waals surface area contributed by atoms with Gasteiger partial charge in [0.1, 0.15) is 5.75 Å². The van der Waals surface area contributed by atoms with Crippen LogP contribution in [0.5, 0.6) is 5.75 Å². The first-order valence-corrected chi connectivity index (χ1v) is 7.92. The molecule has 4 heteroatoms. The zero-order valence-corrected chi connectivity index (χ0v) is 13.0. The minimum atomic E-state index is 0.458. The number of methoxy groups -OCH3 is 1. The monoisotopic (exact) mass is 293 g/mol. The SMILES string of the molecule is COCCNCc1ccccc1OCCCC1CCCO1. The Balaban J connectivity index is 1.68. The summed E-state index contributed by atoms with van der Waals surface area (Å²) in [5.74, 6) is 0.981. The maximum Gasteiger partial charge on any atom is 0.123 e. The van der Waals surface area contributed by atoms with Gasteiger partial charge in [0.15, 0.2) is 0 Å². The highest BCUT2D eigenvalue weighted by Gasteiger charge is 2.14. The Kier molecular flexibility index (Phi) is 7.57. The average Bonchev–Trinajstić information content (AvgIpc) is 3.03. The molecule has 1 aromatic rings. The van der Waals surface area contributed by atoms with Gasteiger partial charge in [-0.2, -0.15) is 0 Å². The summed E-state index contributed by atoms with van der Waals surface area (Å²) in [7, 11) is 1.72. The summed E-state index contributed by atoms with van der Waals surface area (Å²) in [6.45, 7) is 4.08. The van der Waals surface area contributed by atoms with E-state index < -0.39 is 0 Å². The summed E-state index contributed by atoms with van der Waals surface area (Å²) in [5.41, 5.74) is 1.20. The van der Waals surface area contributed by atoms with Crippen molar-refractivity contribution in [3.05, 3.63) is 29.8 Å². The van der Waals surface area contributed by atoms with Gasteiger partial charge in [0.05, 0.1) is 19.3 Å². The van der Waals surface area contributed by atoms with Gasteiger partial charge in [-0.3, -0.25) is 0 Å². The predicted octanol–water partition coefficient (Wildman–Crippen LogP) is 2.76. The minimum absolute atomic E-state index is 0.458. The van der Waals surface area contributed by atoms with Crippen LogP contribution in [0.2, 0.25) is 0 Å². The maximum atomic E-state index is 5.93. The molecule has 1 unspecified atom stereocenters. The molecule has 1 aliphatic rings. The Labute approximate surface area is 127 Å². The molecule has 1 saturated heterocycles. The summed E-state index contributed by atoms with van der Waals surface area (Å²) in [6.07, 6.45) is 5.03. The Morgan fingerprint density at radius 2 is 2.19 bits per heavy atom. The number of hydrogen-bond donors (Lipinski definition) is 1. The second-order valence-electron chi connectivity index (χ2n) is 5.40. The van der Waals surface area contributed by atoms with Gasteiger partial charge in [0.25, 0.3) is 0 Å². The van der Waals surface area contributed by atoms with Crippen LogP contribution in [0.1, 0.15) is 31.2 Å². The first kappa shape index (κ1) is 16.3. The van der Waals surface area contributed by atoms with E-state index in [-0.39, 0.29) is 0 Å². The van der Waals surface area contributed by atoms with Crippen molar-refractivity contribution in [2.75, 3.05) is 33.5 Å². The molecule has 0 aliphatic carbocycles. The molecule has 0 bridgehead atoms. The van der Waals surface area contributed by atoms with Crippen LogP contribution in [-0.4, -0.2) is 39.6 Å². The highest BCUT2D eigenvalue weighted by Crippen LogP contribution is 2.20. The first-order chi connectivity index (χ1) is 10.4. The third-order valence-corrected chi connectivity index (χ3v) is 3.72. The zero-order chi connectivity index (χ0) is 14.8. The fraction of sp³-hybridized carbons (Fsp3) is 0.647. The fourth-order valence-electron chi connectivity index (χ4n) is 2.55. The molecule has 21 heavy (non-hydrogen) atoms. The number of rotatable bonds is 10. The van der Waals surface area contributed by atoms with Crippen molar-refractivity contribution >= 4 is 0 Å². The normalized spacial score (nSPS) is 18.0. The molecule has 0 radical (unpaired) electrons. The molecule has 1 fully saturated rings. The molecule has 0 spiro atoms. The minimum Gasteiger partial charge on any atom is -0.493 e. The Morgan fingerprint density at radius 1 is 1.29 bits per heavy atom. The van der Waals surface area contributed by atoms with Crippen LogP contribution >= 0.6 is 0 Å². The smallest absolute Gasteiger partial charge is 0.123 e. The largest absolute Gasteiger partial charge is 0.493 e. The number of para-hydroxylation sites is 1. The van der Waals surface area contributed by atoms with E-state index in [1.807, 2.05) is 18.2 Å². The first-order valence-electron chi connectivity index (χ1n) is 7.92. The number of hydrogen-bond acceptors (Lipinski definition) is 4. The van der Waals surface area contributed by atoms with E-state index in [2.05, 4.69) is 11.4 Å². The number of ether oxygens (including phenoxy) is 3. The Morgan fingerprint density at radius 3 is 3.00 bits per heavy atom. The quantitative estimate of drug-likeness (QED) is 0.673. The Bertz CT molecular complexity index is 391. The molecular weight excluding hydrogens is 266 g/mol. The van der Waals surface area contributed by atoms with Crippen LogP contribution in [0.25, 0.3) is 0 Å². The van der Waals surface area contributed by atoms with Crippen LogP contribution in [0.4, 0.5) is 0 Å². The lowest BCUT2D eigenvalue weighted by Gasteiger charge is -2.13. The van der Waals surface area contributed by atoms with Crippen molar-refractivity contribution in [2.45, 2.75) is 38.3 Å². The predicted molar refractivity (Wildman–Crippen MR) is 83.7 cm³/mol. The van der Waals surface area contributed by atoms with E-state index >= 15 is 0 Å². The van der Waals surface area contributed by atoms with Gasteiger partial charge >= 0.3 is 0 Å². The summed E-state index contributed by atoms with van der Waals surface area (Å²) in [5, 5.41) is 3.35. The highest BCUT2D eigenvalue weighted by molar-refractivity contribution is 5.33. The van der Waals surface area contributed by atoms with Gasteiger partial charge < -0.3 is 19.5 Å². The van der Waals surface area contributed by atoms with Crippen LogP contribution in [0.15, 0.2) is 24.3 Å². The number of benzene rings is 1. The maximum absolute atomic E-state index is 5.93. The molecule has 1 aromatic carbocycles. The number of nitrogens with one attached hydrogen (secondary N) is 1. The summed E-state index contributed by atoms with van der Waals surface area (Å²) < 4.78 is 16.6. The van der Waals surface area contributed by atoms with E-state index in [9.17, 15) is 0 Å². The lowest BCUT2D eigenvalue weighted by molar-refractivity contribution is 0.0981. The second-order valence-corrected chi connectivity index (χ2v) is 5.40. The molecule has 0 aromatic heterocycles. The van der Waals surface area contributed by atoms with Crippen molar-refractivity contribution in [3.8, 4) is 5.75 Å². The van der Waals surface area contributed by atoms with E-state index in [4.69, 9.17) is 14.2 Å². The van der Waals surface area contributed by atoms with Crippen molar-refractivity contribution in [2.24, 2.45) is 0 Å². The van der Waals surface area contributed by atoms with Crippen molar-refractivity contribution < 1.29 is 14.2 Å². The van der Waals surface area contributed by atoms with Gasteiger partial charge in [0.2, 0.25) is 0 Å². The van der Waals surface area contributed by atoms with E-state index in [1.165, 1.54) is 18.4 Å². The highest BCUT2D eigenvalue weighted by atomic mass is 16.5. The van der Waals surface area contributed by atoms with Gasteiger partial charge in [-0.1, -0.05) is 18.2 Å². The standard InChI is InChI=1S/C17H27NO3/c1-19-13-10-18-14-15-6-2-3-9-17(15)21-12-5-8-16-7-4-11-20-16/h2-3,6,9,16,18H,4-5,7-8,10-14H2,1H3. The topological polar surface area (TPSA) is 39.7 Å². The molecule has 0 saturated carbocycles.